The summed E-state index contributed by atoms with van der Waals surface area (Å²) in [5.74, 6) is -0.569. The average Bonchev–Trinajstić information content (AvgIpc) is 2.53. The van der Waals surface area contributed by atoms with Gasteiger partial charge >= 0.3 is 0 Å². The van der Waals surface area contributed by atoms with Gasteiger partial charge in [-0.3, -0.25) is 14.9 Å². The third-order valence-electron chi connectivity index (χ3n) is 3.08. The van der Waals surface area contributed by atoms with E-state index in [1.54, 1.807) is 24.3 Å². The normalized spacial score (nSPS) is 12.3. The summed E-state index contributed by atoms with van der Waals surface area (Å²) in [6.07, 6.45) is -1.07. The lowest BCUT2D eigenvalue weighted by Crippen LogP contribution is -2.49. The lowest BCUT2D eigenvalue weighted by molar-refractivity contribution is -0.384. The van der Waals surface area contributed by atoms with Gasteiger partial charge < -0.3 is 10.6 Å². The van der Waals surface area contributed by atoms with Crippen molar-refractivity contribution in [2.24, 2.45) is 0 Å². The van der Waals surface area contributed by atoms with Gasteiger partial charge in [0, 0.05) is 28.4 Å². The van der Waals surface area contributed by atoms with Crippen LogP contribution in [0, 0.1) is 10.1 Å². The Labute approximate surface area is 163 Å². The molecule has 132 valence electrons. The van der Waals surface area contributed by atoms with Crippen LogP contribution in [0.5, 0.6) is 0 Å². The van der Waals surface area contributed by atoms with Crippen molar-refractivity contribution in [3.8, 4) is 0 Å². The van der Waals surface area contributed by atoms with Crippen molar-refractivity contribution in [3.63, 3.8) is 0 Å². The Hall–Kier alpha value is -1.73. The summed E-state index contributed by atoms with van der Waals surface area (Å²) in [7, 11) is 0. The smallest absolute Gasteiger partial charge is 0.269 e. The molecule has 1 amide bonds. The molecule has 1 unspecified atom stereocenters. The van der Waals surface area contributed by atoms with Gasteiger partial charge in [-0.15, -0.1) is 0 Å². The number of nitrogens with zero attached hydrogens (tertiary/aromatic N) is 1. The van der Waals surface area contributed by atoms with E-state index in [1.165, 1.54) is 24.3 Å². The van der Waals surface area contributed by atoms with Gasteiger partial charge in [0.25, 0.3) is 11.6 Å². The highest BCUT2D eigenvalue weighted by molar-refractivity contribution is 6.68. The highest BCUT2D eigenvalue weighted by Gasteiger charge is 2.34. The van der Waals surface area contributed by atoms with E-state index in [1.807, 2.05) is 0 Å². The monoisotopic (exact) mass is 421 g/mol. The van der Waals surface area contributed by atoms with Crippen LogP contribution in [0.4, 0.5) is 11.4 Å². The molecule has 10 heteroatoms. The molecule has 0 spiro atoms. The van der Waals surface area contributed by atoms with Crippen molar-refractivity contribution in [1.29, 1.82) is 0 Å². The molecular weight excluding hydrogens is 412 g/mol. The second-order valence-corrected chi connectivity index (χ2v) is 7.71. The first-order valence-electron chi connectivity index (χ1n) is 6.81. The van der Waals surface area contributed by atoms with Gasteiger partial charge in [-0.1, -0.05) is 52.5 Å². The molecule has 2 aromatic carbocycles. The number of amides is 1. The molecule has 6 nitrogen and oxygen atoms in total. The molecule has 0 aliphatic carbocycles. The molecule has 0 aromatic heterocycles. The number of carbonyl (C=O) groups is 1. The number of rotatable bonds is 5. The van der Waals surface area contributed by atoms with Crippen LogP contribution in [0.1, 0.15) is 10.4 Å². The highest BCUT2D eigenvalue weighted by atomic mass is 35.6. The summed E-state index contributed by atoms with van der Waals surface area (Å²) in [4.78, 5) is 22.4. The zero-order valence-corrected chi connectivity index (χ0v) is 15.4. The number of carbonyl (C=O) groups excluding carboxylic acids is 1. The van der Waals surface area contributed by atoms with Crippen molar-refractivity contribution in [2.45, 2.75) is 9.96 Å². The fourth-order valence-electron chi connectivity index (χ4n) is 1.89. The quantitative estimate of drug-likeness (QED) is 0.314. The minimum Gasteiger partial charge on any atom is -0.362 e. The molecule has 1 atom stereocenters. The molecule has 0 bridgehead atoms. The topological polar surface area (TPSA) is 84.3 Å². The van der Waals surface area contributed by atoms with E-state index in [9.17, 15) is 14.9 Å². The van der Waals surface area contributed by atoms with E-state index < -0.39 is 20.8 Å². The fraction of sp³-hybridized carbons (Fsp3) is 0.133. The third kappa shape index (κ3) is 5.64. The molecule has 0 fully saturated rings. The Morgan fingerprint density at radius 3 is 2.28 bits per heavy atom. The van der Waals surface area contributed by atoms with E-state index in [0.29, 0.717) is 10.7 Å². The summed E-state index contributed by atoms with van der Waals surface area (Å²) in [5.41, 5.74) is 0.581. The zero-order valence-electron chi connectivity index (χ0n) is 12.4. The SMILES string of the molecule is O=C(NC(Nc1cccc(Cl)c1)C(Cl)(Cl)Cl)c1ccc([N+](=O)[O-])cc1. The van der Waals surface area contributed by atoms with Crippen LogP contribution in [-0.4, -0.2) is 20.8 Å². The molecule has 0 saturated heterocycles. The van der Waals surface area contributed by atoms with Gasteiger partial charge in [-0.2, -0.15) is 0 Å². The Bertz CT molecular complexity index is 778. The van der Waals surface area contributed by atoms with E-state index >= 15 is 0 Å². The summed E-state index contributed by atoms with van der Waals surface area (Å²) in [6, 6.07) is 11.7. The number of hydrogen-bond acceptors (Lipinski definition) is 4. The van der Waals surface area contributed by atoms with Gasteiger partial charge in [-0.05, 0) is 30.3 Å². The molecule has 2 aromatic rings. The van der Waals surface area contributed by atoms with Crippen molar-refractivity contribution in [2.75, 3.05) is 5.32 Å². The van der Waals surface area contributed by atoms with Crippen molar-refractivity contribution in [1.82, 2.24) is 5.32 Å². The lowest BCUT2D eigenvalue weighted by atomic mass is 10.2. The van der Waals surface area contributed by atoms with Gasteiger partial charge in [0.15, 0.2) is 0 Å². The molecular formula is C15H11Cl4N3O3. The van der Waals surface area contributed by atoms with Gasteiger partial charge in [0.05, 0.1) is 4.92 Å². The third-order valence-corrected chi connectivity index (χ3v) is 3.97. The standard InChI is InChI=1S/C15H11Cl4N3O3/c16-10-2-1-3-11(8-10)20-14(15(17,18)19)21-13(23)9-4-6-12(7-5-9)22(24)25/h1-8,14,20H,(H,21,23). The second kappa shape index (κ2) is 8.10. The summed E-state index contributed by atoms with van der Waals surface area (Å²) >= 11 is 23.7. The van der Waals surface area contributed by atoms with Gasteiger partial charge in [-0.25, -0.2) is 0 Å². The zero-order chi connectivity index (χ0) is 18.6. The number of hydrogen-bond donors (Lipinski definition) is 2. The first-order chi connectivity index (χ1) is 11.7. The number of nitro benzene ring substituents is 1. The molecule has 0 saturated carbocycles. The summed E-state index contributed by atoms with van der Waals surface area (Å²) < 4.78 is -1.86. The number of anilines is 1. The Morgan fingerprint density at radius 2 is 1.76 bits per heavy atom. The van der Waals surface area contributed by atoms with Crippen molar-refractivity contribution < 1.29 is 9.72 Å². The van der Waals surface area contributed by atoms with E-state index in [0.717, 1.165) is 0 Å². The molecule has 0 heterocycles. The lowest BCUT2D eigenvalue weighted by Gasteiger charge is -2.27. The number of nitro groups is 1. The minimum atomic E-state index is -1.86. The maximum absolute atomic E-state index is 12.3. The van der Waals surface area contributed by atoms with Crippen LogP contribution in [0.25, 0.3) is 0 Å². The second-order valence-electron chi connectivity index (χ2n) is 4.91. The average molecular weight is 423 g/mol. The van der Waals surface area contributed by atoms with Crippen LogP contribution in [0.15, 0.2) is 48.5 Å². The van der Waals surface area contributed by atoms with Crippen molar-refractivity contribution in [3.05, 3.63) is 69.2 Å². The maximum Gasteiger partial charge on any atom is 0.269 e. The van der Waals surface area contributed by atoms with E-state index in [-0.39, 0.29) is 11.3 Å². The summed E-state index contributed by atoms with van der Waals surface area (Å²) in [5, 5.41) is 16.5. The highest BCUT2D eigenvalue weighted by Crippen LogP contribution is 2.31. The first kappa shape index (κ1) is 19.6. The van der Waals surface area contributed by atoms with Crippen LogP contribution in [-0.2, 0) is 0 Å². The predicted molar refractivity (Wildman–Crippen MR) is 99.7 cm³/mol. The number of benzene rings is 2. The fourth-order valence-corrected chi connectivity index (χ4v) is 2.41. The largest absolute Gasteiger partial charge is 0.362 e. The van der Waals surface area contributed by atoms with E-state index in [4.69, 9.17) is 46.4 Å². The number of alkyl halides is 3. The number of nitrogens with one attached hydrogen (secondary N) is 2. The van der Waals surface area contributed by atoms with Crippen LogP contribution in [0.2, 0.25) is 5.02 Å². The van der Waals surface area contributed by atoms with E-state index in [2.05, 4.69) is 10.6 Å². The molecule has 0 aliphatic heterocycles. The molecule has 0 aliphatic rings. The predicted octanol–water partition coefficient (Wildman–Crippen LogP) is 4.79. The molecule has 2 rings (SSSR count). The molecule has 2 N–H and O–H groups in total. The molecule has 25 heavy (non-hydrogen) atoms. The number of non-ortho nitro benzene ring substituents is 1. The Kier molecular flexibility index (Phi) is 6.35. The van der Waals surface area contributed by atoms with Gasteiger partial charge in [0.1, 0.15) is 6.17 Å². The van der Waals surface area contributed by atoms with Crippen LogP contribution in [0.3, 0.4) is 0 Å². The number of halogens is 4. The van der Waals surface area contributed by atoms with Crippen LogP contribution >= 0.6 is 46.4 Å². The van der Waals surface area contributed by atoms with Crippen molar-refractivity contribution >= 4 is 63.7 Å². The van der Waals surface area contributed by atoms with Crippen LogP contribution < -0.4 is 10.6 Å². The maximum atomic E-state index is 12.3. The summed E-state index contributed by atoms with van der Waals surface area (Å²) in [6.45, 7) is 0. The Morgan fingerprint density at radius 1 is 1.12 bits per heavy atom. The molecule has 0 radical (unpaired) electrons. The Balaban J connectivity index is 2.16. The minimum absolute atomic E-state index is 0.133. The van der Waals surface area contributed by atoms with Gasteiger partial charge in [0.2, 0.25) is 3.79 Å². The first-order valence-corrected chi connectivity index (χ1v) is 8.32.